The van der Waals surface area contributed by atoms with Crippen molar-refractivity contribution in [3.8, 4) is 0 Å². The molecule has 1 unspecified atom stereocenters. The van der Waals surface area contributed by atoms with Crippen LogP contribution in [0.1, 0.15) is 36.2 Å². The van der Waals surface area contributed by atoms with Gasteiger partial charge in [-0.05, 0) is 32.4 Å². The van der Waals surface area contributed by atoms with Crippen LogP contribution in [0, 0.1) is 6.92 Å². The first-order valence-electron chi connectivity index (χ1n) is 9.69. The molecule has 1 aromatic heterocycles. The highest BCUT2D eigenvalue weighted by molar-refractivity contribution is 7.09. The molecule has 0 fully saturated rings. The van der Waals surface area contributed by atoms with Crippen molar-refractivity contribution in [1.82, 2.24) is 15.2 Å². The predicted octanol–water partition coefficient (Wildman–Crippen LogP) is 3.69. The quantitative estimate of drug-likeness (QED) is 0.511. The summed E-state index contributed by atoms with van der Waals surface area (Å²) in [5.41, 5.74) is 3.62. The van der Waals surface area contributed by atoms with Crippen LogP contribution in [0.2, 0.25) is 0 Å². The van der Waals surface area contributed by atoms with Gasteiger partial charge in [-0.2, -0.15) is 0 Å². The molecule has 7 heteroatoms. The Morgan fingerprint density at radius 1 is 1.36 bits per heavy atom. The Balaban J connectivity index is 1.89. The van der Waals surface area contributed by atoms with Crippen LogP contribution in [0.15, 0.2) is 34.6 Å². The number of guanidine groups is 1. The number of hydrogen-bond donors (Lipinski definition) is 1. The van der Waals surface area contributed by atoms with E-state index in [1.54, 1.807) is 18.4 Å². The lowest BCUT2D eigenvalue weighted by Crippen LogP contribution is -2.42. The van der Waals surface area contributed by atoms with Crippen LogP contribution in [-0.4, -0.2) is 56.7 Å². The van der Waals surface area contributed by atoms with Gasteiger partial charge in [0, 0.05) is 51.9 Å². The summed E-state index contributed by atoms with van der Waals surface area (Å²) in [7, 11) is 5.56. The van der Waals surface area contributed by atoms with Crippen molar-refractivity contribution >= 4 is 23.0 Å². The molecule has 28 heavy (non-hydrogen) atoms. The molecular weight excluding hydrogens is 370 g/mol. The number of aromatic nitrogens is 1. The maximum Gasteiger partial charge on any atom is 0.193 e. The lowest BCUT2D eigenvalue weighted by Gasteiger charge is -2.27. The summed E-state index contributed by atoms with van der Waals surface area (Å²) < 4.78 is 5.35. The standard InChI is InChI=1S/C21H33N5OS/c1-7-26(19-11-9-8-10-16(19)2)13-12-23-21(22-4)25(5)14-18-15-28-20(24-18)17(3)27-6/h8-11,15,17H,7,12-14H2,1-6H3,(H,22,23). The van der Waals surface area contributed by atoms with E-state index in [9.17, 15) is 0 Å². The number of thiazole rings is 1. The van der Waals surface area contributed by atoms with Crippen molar-refractivity contribution in [2.45, 2.75) is 33.4 Å². The average molecular weight is 404 g/mol. The largest absolute Gasteiger partial charge is 0.375 e. The average Bonchev–Trinajstić information content (AvgIpc) is 3.16. The molecule has 2 rings (SSSR count). The van der Waals surface area contributed by atoms with Gasteiger partial charge in [0.05, 0.1) is 12.2 Å². The molecule has 0 bridgehead atoms. The Kier molecular flexibility index (Phi) is 8.73. The maximum atomic E-state index is 5.35. The van der Waals surface area contributed by atoms with Gasteiger partial charge in [0.1, 0.15) is 11.1 Å². The lowest BCUT2D eigenvalue weighted by atomic mass is 10.2. The number of benzene rings is 1. The number of anilines is 1. The van der Waals surface area contributed by atoms with E-state index in [2.05, 4.69) is 68.6 Å². The molecule has 0 saturated carbocycles. The summed E-state index contributed by atoms with van der Waals surface area (Å²) in [5.74, 6) is 0.871. The Hall–Kier alpha value is -2.12. The number of nitrogens with one attached hydrogen (secondary N) is 1. The molecule has 1 N–H and O–H groups in total. The van der Waals surface area contributed by atoms with E-state index in [1.165, 1.54) is 11.3 Å². The first-order chi connectivity index (χ1) is 13.5. The fraction of sp³-hybridized carbons (Fsp3) is 0.524. The van der Waals surface area contributed by atoms with E-state index in [1.807, 2.05) is 21.0 Å². The number of nitrogens with zero attached hydrogens (tertiary/aromatic N) is 4. The predicted molar refractivity (Wildman–Crippen MR) is 119 cm³/mol. The molecule has 154 valence electrons. The molecule has 0 aliphatic carbocycles. The molecule has 1 heterocycles. The number of rotatable bonds is 9. The second-order valence-corrected chi connectivity index (χ2v) is 7.64. The minimum absolute atomic E-state index is 0.0305. The molecule has 0 amide bonds. The molecule has 0 aliphatic heterocycles. The van der Waals surface area contributed by atoms with Crippen molar-refractivity contribution in [3.63, 3.8) is 0 Å². The first-order valence-corrected chi connectivity index (χ1v) is 10.6. The maximum absolute atomic E-state index is 5.35. The van der Waals surface area contributed by atoms with E-state index >= 15 is 0 Å². The van der Waals surface area contributed by atoms with E-state index in [0.717, 1.165) is 36.3 Å². The lowest BCUT2D eigenvalue weighted by molar-refractivity contribution is 0.119. The molecule has 6 nitrogen and oxygen atoms in total. The Morgan fingerprint density at radius 2 is 2.11 bits per heavy atom. The van der Waals surface area contributed by atoms with E-state index in [4.69, 9.17) is 4.74 Å². The summed E-state index contributed by atoms with van der Waals surface area (Å²) in [5, 5.41) is 6.56. The van der Waals surface area contributed by atoms with Crippen LogP contribution >= 0.6 is 11.3 Å². The Labute approximate surface area is 173 Å². The molecule has 0 radical (unpaired) electrons. The molecule has 0 spiro atoms. The Morgan fingerprint density at radius 3 is 2.75 bits per heavy atom. The monoisotopic (exact) mass is 403 g/mol. The minimum Gasteiger partial charge on any atom is -0.375 e. The highest BCUT2D eigenvalue weighted by Crippen LogP contribution is 2.21. The van der Waals surface area contributed by atoms with Gasteiger partial charge in [-0.3, -0.25) is 4.99 Å². The van der Waals surface area contributed by atoms with Crippen molar-refractivity contribution in [2.24, 2.45) is 4.99 Å². The fourth-order valence-corrected chi connectivity index (χ4v) is 3.90. The van der Waals surface area contributed by atoms with E-state index < -0.39 is 0 Å². The number of para-hydroxylation sites is 1. The molecular formula is C21H33N5OS. The van der Waals surface area contributed by atoms with E-state index in [0.29, 0.717) is 6.54 Å². The van der Waals surface area contributed by atoms with Gasteiger partial charge >= 0.3 is 0 Å². The molecule has 0 aliphatic rings. The zero-order chi connectivity index (χ0) is 20.5. The van der Waals surface area contributed by atoms with Crippen LogP contribution in [0.3, 0.4) is 0 Å². The SMILES string of the molecule is CCN(CCNC(=NC)N(C)Cc1csc(C(C)OC)n1)c1ccccc1C. The molecule has 1 atom stereocenters. The summed E-state index contributed by atoms with van der Waals surface area (Å²) in [4.78, 5) is 13.6. The number of methoxy groups -OCH3 is 1. The number of likely N-dealkylation sites (N-methyl/N-ethyl adjacent to an activating group) is 1. The minimum atomic E-state index is 0.0305. The van der Waals surface area contributed by atoms with Crippen LogP contribution in [0.25, 0.3) is 0 Å². The second-order valence-electron chi connectivity index (χ2n) is 6.75. The van der Waals surface area contributed by atoms with Gasteiger partial charge in [-0.1, -0.05) is 18.2 Å². The third kappa shape index (κ3) is 5.94. The number of aliphatic imine (C=N–C) groups is 1. The third-order valence-corrected chi connectivity index (χ3v) is 5.80. The smallest absolute Gasteiger partial charge is 0.193 e. The topological polar surface area (TPSA) is 53.0 Å². The van der Waals surface area contributed by atoms with Gasteiger partial charge in [0.15, 0.2) is 5.96 Å². The van der Waals surface area contributed by atoms with Gasteiger partial charge in [-0.15, -0.1) is 11.3 Å². The molecule has 1 aromatic carbocycles. The van der Waals surface area contributed by atoms with Crippen LogP contribution in [0.5, 0.6) is 0 Å². The van der Waals surface area contributed by atoms with Crippen molar-refractivity contribution < 1.29 is 4.74 Å². The Bertz CT molecular complexity index is 761. The normalized spacial score (nSPS) is 12.7. The zero-order valence-corrected chi connectivity index (χ0v) is 18.7. The van der Waals surface area contributed by atoms with Gasteiger partial charge in [0.2, 0.25) is 0 Å². The number of ether oxygens (including phenoxy) is 1. The van der Waals surface area contributed by atoms with Crippen LogP contribution in [0.4, 0.5) is 5.69 Å². The second kappa shape index (κ2) is 11.0. The van der Waals surface area contributed by atoms with Crippen molar-refractivity contribution in [1.29, 1.82) is 0 Å². The summed E-state index contributed by atoms with van der Waals surface area (Å²) >= 11 is 1.64. The molecule has 0 saturated heterocycles. The third-order valence-electron chi connectivity index (χ3n) is 4.75. The zero-order valence-electron chi connectivity index (χ0n) is 17.9. The number of hydrogen-bond acceptors (Lipinski definition) is 5. The summed E-state index contributed by atoms with van der Waals surface area (Å²) in [6.45, 7) is 9.78. The van der Waals surface area contributed by atoms with Crippen LogP contribution in [-0.2, 0) is 11.3 Å². The van der Waals surface area contributed by atoms with Crippen LogP contribution < -0.4 is 10.2 Å². The van der Waals surface area contributed by atoms with Crippen molar-refractivity contribution in [3.05, 3.63) is 45.9 Å². The highest BCUT2D eigenvalue weighted by atomic mass is 32.1. The molecule has 2 aromatic rings. The van der Waals surface area contributed by atoms with Crippen molar-refractivity contribution in [2.75, 3.05) is 45.7 Å². The van der Waals surface area contributed by atoms with Gasteiger partial charge < -0.3 is 19.9 Å². The van der Waals surface area contributed by atoms with Gasteiger partial charge in [0.25, 0.3) is 0 Å². The van der Waals surface area contributed by atoms with E-state index in [-0.39, 0.29) is 6.10 Å². The number of aryl methyl sites for hydroxylation is 1. The highest BCUT2D eigenvalue weighted by Gasteiger charge is 2.13. The van der Waals surface area contributed by atoms with Gasteiger partial charge in [-0.25, -0.2) is 4.98 Å². The summed E-state index contributed by atoms with van der Waals surface area (Å²) in [6.07, 6.45) is 0.0305. The summed E-state index contributed by atoms with van der Waals surface area (Å²) in [6, 6.07) is 8.52. The first kappa shape index (κ1) is 22.2. The fourth-order valence-electron chi connectivity index (χ4n) is 3.06.